The van der Waals surface area contributed by atoms with Crippen LogP contribution in [0.15, 0.2) is 36.4 Å². The van der Waals surface area contributed by atoms with Crippen molar-refractivity contribution in [3.05, 3.63) is 69.0 Å². The van der Waals surface area contributed by atoms with E-state index in [9.17, 15) is 4.39 Å². The summed E-state index contributed by atoms with van der Waals surface area (Å²) in [4.78, 5) is 0. The molecule has 2 rings (SSSR count). The molecule has 0 heterocycles. The molecule has 0 aliphatic rings. The number of aryl methyl sites for hydroxylation is 1. The zero-order valence-electron chi connectivity index (χ0n) is 12.1. The maximum atomic E-state index is 13.3. The van der Waals surface area contributed by atoms with Crippen LogP contribution in [0, 0.1) is 12.7 Å². The van der Waals surface area contributed by atoms with Gasteiger partial charge in [0.1, 0.15) is 5.82 Å². The van der Waals surface area contributed by atoms with E-state index in [-0.39, 0.29) is 11.9 Å². The van der Waals surface area contributed by atoms with Crippen molar-refractivity contribution in [3.8, 4) is 0 Å². The van der Waals surface area contributed by atoms with Crippen LogP contribution in [0.5, 0.6) is 0 Å². The highest BCUT2D eigenvalue weighted by Gasteiger charge is 2.17. The second kappa shape index (κ2) is 7.26. The summed E-state index contributed by atoms with van der Waals surface area (Å²) in [7, 11) is 0. The van der Waals surface area contributed by atoms with E-state index in [1.807, 2.05) is 25.1 Å². The van der Waals surface area contributed by atoms with Gasteiger partial charge in [0.15, 0.2) is 0 Å². The third-order valence-electron chi connectivity index (χ3n) is 3.40. The summed E-state index contributed by atoms with van der Waals surface area (Å²) >= 11 is 12.4. The van der Waals surface area contributed by atoms with Crippen molar-refractivity contribution in [2.24, 2.45) is 0 Å². The fourth-order valence-corrected chi connectivity index (χ4v) is 2.69. The standard InChI is InChI=1S/C17H18Cl2FN/c1-3-8-21-17(12-5-4-11(2)15(18)9-12)14-7-6-13(20)10-16(14)19/h4-7,9-10,17,21H,3,8H2,1-2H3. The number of hydrogen-bond donors (Lipinski definition) is 1. The fraction of sp³-hybridized carbons (Fsp3) is 0.294. The van der Waals surface area contributed by atoms with Crippen LogP contribution in [-0.4, -0.2) is 6.54 Å². The molecule has 0 aromatic heterocycles. The molecule has 1 unspecified atom stereocenters. The minimum atomic E-state index is -0.333. The van der Waals surface area contributed by atoms with E-state index in [2.05, 4.69) is 12.2 Å². The summed E-state index contributed by atoms with van der Waals surface area (Å²) in [6, 6.07) is 10.3. The van der Waals surface area contributed by atoms with Crippen molar-refractivity contribution in [1.29, 1.82) is 0 Å². The van der Waals surface area contributed by atoms with Gasteiger partial charge >= 0.3 is 0 Å². The number of hydrogen-bond acceptors (Lipinski definition) is 1. The molecular formula is C17H18Cl2FN. The van der Waals surface area contributed by atoms with Gasteiger partial charge in [-0.3, -0.25) is 0 Å². The van der Waals surface area contributed by atoms with E-state index in [0.29, 0.717) is 10.0 Å². The summed E-state index contributed by atoms with van der Waals surface area (Å²) in [6.45, 7) is 4.90. The van der Waals surface area contributed by atoms with Gasteiger partial charge in [0.25, 0.3) is 0 Å². The monoisotopic (exact) mass is 325 g/mol. The summed E-state index contributed by atoms with van der Waals surface area (Å²) in [5.41, 5.74) is 2.90. The van der Waals surface area contributed by atoms with Crippen LogP contribution in [-0.2, 0) is 0 Å². The Hall–Kier alpha value is -1.09. The molecule has 0 radical (unpaired) electrons. The minimum Gasteiger partial charge on any atom is -0.306 e. The summed E-state index contributed by atoms with van der Waals surface area (Å²) in [5.74, 6) is -0.333. The zero-order chi connectivity index (χ0) is 15.4. The van der Waals surface area contributed by atoms with Gasteiger partial charge in [0, 0.05) is 10.0 Å². The van der Waals surface area contributed by atoms with Crippen molar-refractivity contribution >= 4 is 23.2 Å². The second-order valence-electron chi connectivity index (χ2n) is 5.06. The Morgan fingerprint density at radius 3 is 2.48 bits per heavy atom. The quantitative estimate of drug-likeness (QED) is 0.762. The molecule has 0 bridgehead atoms. The Balaban J connectivity index is 2.44. The first-order chi connectivity index (χ1) is 10.0. The number of halogens is 3. The molecular weight excluding hydrogens is 308 g/mol. The van der Waals surface area contributed by atoms with Crippen molar-refractivity contribution in [2.45, 2.75) is 26.3 Å². The van der Waals surface area contributed by atoms with Crippen LogP contribution >= 0.6 is 23.2 Å². The van der Waals surface area contributed by atoms with E-state index in [0.717, 1.165) is 29.7 Å². The molecule has 4 heteroatoms. The van der Waals surface area contributed by atoms with Gasteiger partial charge in [0.05, 0.1) is 6.04 Å². The van der Waals surface area contributed by atoms with E-state index >= 15 is 0 Å². The maximum absolute atomic E-state index is 13.3. The Kier molecular flexibility index (Phi) is 5.63. The average Bonchev–Trinajstić information content (AvgIpc) is 2.44. The predicted octanol–water partition coefficient (Wildman–Crippen LogP) is 5.53. The molecule has 0 saturated carbocycles. The van der Waals surface area contributed by atoms with Crippen LogP contribution < -0.4 is 5.32 Å². The van der Waals surface area contributed by atoms with Crippen molar-refractivity contribution in [3.63, 3.8) is 0 Å². The lowest BCUT2D eigenvalue weighted by Gasteiger charge is -2.21. The van der Waals surface area contributed by atoms with Crippen LogP contribution in [0.1, 0.15) is 36.1 Å². The van der Waals surface area contributed by atoms with Gasteiger partial charge in [-0.1, -0.05) is 48.3 Å². The molecule has 2 aromatic carbocycles. The normalized spacial score (nSPS) is 12.4. The average molecular weight is 326 g/mol. The SMILES string of the molecule is CCCNC(c1ccc(C)c(Cl)c1)c1ccc(F)cc1Cl. The molecule has 1 nitrogen and oxygen atoms in total. The molecule has 0 spiro atoms. The Bertz CT molecular complexity index is 628. The number of rotatable bonds is 5. The van der Waals surface area contributed by atoms with E-state index in [4.69, 9.17) is 23.2 Å². The molecule has 0 amide bonds. The lowest BCUT2D eigenvalue weighted by molar-refractivity contribution is 0.593. The summed E-state index contributed by atoms with van der Waals surface area (Å²) in [5, 5.41) is 4.58. The minimum absolute atomic E-state index is 0.101. The Morgan fingerprint density at radius 2 is 1.86 bits per heavy atom. The smallest absolute Gasteiger partial charge is 0.124 e. The van der Waals surface area contributed by atoms with Crippen molar-refractivity contribution in [2.75, 3.05) is 6.54 Å². The van der Waals surface area contributed by atoms with Crippen LogP contribution in [0.4, 0.5) is 4.39 Å². The highest BCUT2D eigenvalue weighted by atomic mass is 35.5. The molecule has 0 aliphatic carbocycles. The molecule has 21 heavy (non-hydrogen) atoms. The van der Waals surface area contributed by atoms with Crippen molar-refractivity contribution < 1.29 is 4.39 Å². The van der Waals surface area contributed by atoms with Gasteiger partial charge in [-0.25, -0.2) is 4.39 Å². The predicted molar refractivity (Wildman–Crippen MR) is 87.7 cm³/mol. The number of nitrogens with one attached hydrogen (secondary N) is 1. The van der Waals surface area contributed by atoms with Crippen molar-refractivity contribution in [1.82, 2.24) is 5.32 Å². The first-order valence-electron chi connectivity index (χ1n) is 6.97. The topological polar surface area (TPSA) is 12.0 Å². The summed E-state index contributed by atoms with van der Waals surface area (Å²) in [6.07, 6.45) is 0.995. The highest BCUT2D eigenvalue weighted by molar-refractivity contribution is 6.31. The molecule has 0 saturated heterocycles. The Labute approximate surface area is 135 Å². The Morgan fingerprint density at radius 1 is 1.10 bits per heavy atom. The zero-order valence-corrected chi connectivity index (χ0v) is 13.6. The van der Waals surface area contributed by atoms with Crippen LogP contribution in [0.25, 0.3) is 0 Å². The van der Waals surface area contributed by atoms with Gasteiger partial charge in [-0.2, -0.15) is 0 Å². The second-order valence-corrected chi connectivity index (χ2v) is 5.88. The highest BCUT2D eigenvalue weighted by Crippen LogP contribution is 2.31. The third-order valence-corrected chi connectivity index (χ3v) is 4.14. The lowest BCUT2D eigenvalue weighted by atomic mass is 9.97. The van der Waals surface area contributed by atoms with E-state index in [1.165, 1.54) is 12.1 Å². The largest absolute Gasteiger partial charge is 0.306 e. The third kappa shape index (κ3) is 3.97. The molecule has 1 atom stereocenters. The van der Waals surface area contributed by atoms with Gasteiger partial charge in [0.2, 0.25) is 0 Å². The first-order valence-corrected chi connectivity index (χ1v) is 7.73. The summed E-state index contributed by atoms with van der Waals surface area (Å²) < 4.78 is 13.3. The fourth-order valence-electron chi connectivity index (χ4n) is 2.22. The van der Waals surface area contributed by atoms with Crippen LogP contribution in [0.2, 0.25) is 10.0 Å². The first kappa shape index (κ1) is 16.3. The number of benzene rings is 2. The van der Waals surface area contributed by atoms with Crippen LogP contribution in [0.3, 0.4) is 0 Å². The molecule has 0 aliphatic heterocycles. The van der Waals surface area contributed by atoms with Gasteiger partial charge in [-0.15, -0.1) is 0 Å². The maximum Gasteiger partial charge on any atom is 0.124 e. The van der Waals surface area contributed by atoms with E-state index in [1.54, 1.807) is 6.07 Å². The van der Waals surface area contributed by atoms with Gasteiger partial charge in [-0.05, 0) is 54.8 Å². The lowest BCUT2D eigenvalue weighted by Crippen LogP contribution is -2.23. The molecule has 112 valence electrons. The molecule has 1 N–H and O–H groups in total. The molecule has 2 aromatic rings. The molecule has 0 fully saturated rings. The van der Waals surface area contributed by atoms with Gasteiger partial charge < -0.3 is 5.32 Å². The van der Waals surface area contributed by atoms with E-state index < -0.39 is 0 Å².